The molecule has 4 nitrogen and oxygen atoms in total. The average molecular weight is 264 g/mol. The second-order valence-electron chi connectivity index (χ2n) is 3.68. The Morgan fingerprint density at radius 2 is 2.19 bits per heavy atom. The minimum atomic E-state index is -3.43. The van der Waals surface area contributed by atoms with Crippen molar-refractivity contribution in [1.82, 2.24) is 0 Å². The fraction of sp³-hybridized carbons (Fsp3) is 0.400. The number of aliphatic hydroxyl groups is 1. The number of nitrogens with one attached hydrogen (secondary N) is 1. The van der Waals surface area contributed by atoms with Crippen LogP contribution in [0, 0.1) is 5.92 Å². The molecule has 1 rings (SSSR count). The highest BCUT2D eigenvalue weighted by Crippen LogP contribution is 2.16. The number of aliphatic hydroxyl groups excluding tert-OH is 1. The van der Waals surface area contributed by atoms with Crippen LogP contribution in [0.15, 0.2) is 24.3 Å². The molecule has 0 spiro atoms. The molecule has 16 heavy (non-hydrogen) atoms. The third kappa shape index (κ3) is 4.38. The molecule has 0 fully saturated rings. The second kappa shape index (κ2) is 5.52. The number of halogens is 1. The SMILES string of the molecule is CC(CO)CS(=O)(=O)Nc1cccc(Cl)c1. The van der Waals surface area contributed by atoms with Crippen molar-refractivity contribution >= 4 is 27.3 Å². The first-order valence-corrected chi connectivity index (χ1v) is 6.83. The van der Waals surface area contributed by atoms with E-state index in [9.17, 15) is 8.42 Å². The van der Waals surface area contributed by atoms with Crippen LogP contribution < -0.4 is 4.72 Å². The maximum absolute atomic E-state index is 11.6. The van der Waals surface area contributed by atoms with Crippen LogP contribution in [0.2, 0.25) is 5.02 Å². The van der Waals surface area contributed by atoms with Gasteiger partial charge in [-0.2, -0.15) is 0 Å². The van der Waals surface area contributed by atoms with E-state index in [1.165, 1.54) is 6.07 Å². The highest BCUT2D eigenvalue weighted by atomic mass is 35.5. The van der Waals surface area contributed by atoms with Crippen LogP contribution in [-0.4, -0.2) is 25.9 Å². The molecule has 0 heterocycles. The first kappa shape index (κ1) is 13.3. The summed E-state index contributed by atoms with van der Waals surface area (Å²) in [5, 5.41) is 9.26. The van der Waals surface area contributed by atoms with E-state index in [2.05, 4.69) is 4.72 Å². The smallest absolute Gasteiger partial charge is 0.233 e. The summed E-state index contributed by atoms with van der Waals surface area (Å²) in [5.74, 6) is -0.410. The maximum atomic E-state index is 11.6. The summed E-state index contributed by atoms with van der Waals surface area (Å²) in [6.45, 7) is 1.51. The predicted octanol–water partition coefficient (Wildman–Crippen LogP) is 1.71. The lowest BCUT2D eigenvalue weighted by molar-refractivity contribution is 0.249. The fourth-order valence-corrected chi connectivity index (χ4v) is 2.81. The fourth-order valence-electron chi connectivity index (χ4n) is 1.20. The molecule has 6 heteroatoms. The number of rotatable bonds is 5. The van der Waals surface area contributed by atoms with E-state index < -0.39 is 10.0 Å². The van der Waals surface area contributed by atoms with Gasteiger partial charge in [-0.15, -0.1) is 0 Å². The van der Waals surface area contributed by atoms with Crippen LogP contribution >= 0.6 is 11.6 Å². The van der Waals surface area contributed by atoms with Gasteiger partial charge in [-0.25, -0.2) is 8.42 Å². The summed E-state index contributed by atoms with van der Waals surface area (Å²) in [6.07, 6.45) is 0. The van der Waals surface area contributed by atoms with Gasteiger partial charge in [0.15, 0.2) is 0 Å². The third-order valence-electron chi connectivity index (χ3n) is 1.91. The first-order chi connectivity index (χ1) is 7.43. The molecule has 0 bridgehead atoms. The van der Waals surface area contributed by atoms with Gasteiger partial charge in [0.25, 0.3) is 0 Å². The largest absolute Gasteiger partial charge is 0.396 e. The molecule has 0 radical (unpaired) electrons. The lowest BCUT2D eigenvalue weighted by Crippen LogP contribution is -2.23. The van der Waals surface area contributed by atoms with Gasteiger partial charge in [0.1, 0.15) is 0 Å². The maximum Gasteiger partial charge on any atom is 0.233 e. The summed E-state index contributed by atoms with van der Waals surface area (Å²) in [5.41, 5.74) is 0.428. The Morgan fingerprint density at radius 1 is 1.50 bits per heavy atom. The molecule has 1 aromatic rings. The summed E-state index contributed by atoms with van der Waals surface area (Å²) < 4.78 is 25.6. The van der Waals surface area contributed by atoms with Crippen LogP contribution in [-0.2, 0) is 10.0 Å². The van der Waals surface area contributed by atoms with E-state index in [1.807, 2.05) is 0 Å². The van der Waals surface area contributed by atoms with Crippen molar-refractivity contribution in [3.63, 3.8) is 0 Å². The Labute approximate surface area is 100 Å². The van der Waals surface area contributed by atoms with Crippen molar-refractivity contribution in [3.8, 4) is 0 Å². The highest BCUT2D eigenvalue weighted by Gasteiger charge is 2.15. The molecule has 0 amide bonds. The molecular formula is C10H14ClNO3S. The number of hydrogen-bond acceptors (Lipinski definition) is 3. The van der Waals surface area contributed by atoms with E-state index in [0.29, 0.717) is 10.7 Å². The van der Waals surface area contributed by atoms with Gasteiger partial charge in [-0.1, -0.05) is 24.6 Å². The van der Waals surface area contributed by atoms with E-state index >= 15 is 0 Å². The zero-order chi connectivity index (χ0) is 12.2. The summed E-state index contributed by atoms with van der Waals surface area (Å²) in [6, 6.07) is 6.47. The summed E-state index contributed by atoms with van der Waals surface area (Å²) >= 11 is 5.73. The highest BCUT2D eigenvalue weighted by molar-refractivity contribution is 7.92. The lowest BCUT2D eigenvalue weighted by Gasteiger charge is -2.11. The van der Waals surface area contributed by atoms with E-state index in [-0.39, 0.29) is 18.3 Å². The molecular weight excluding hydrogens is 250 g/mol. The Kier molecular flexibility index (Phi) is 4.58. The topological polar surface area (TPSA) is 66.4 Å². The molecule has 1 unspecified atom stereocenters. The molecule has 90 valence electrons. The van der Waals surface area contributed by atoms with Crippen molar-refractivity contribution in [2.45, 2.75) is 6.92 Å². The minimum absolute atomic E-state index is 0.115. The van der Waals surface area contributed by atoms with Crippen molar-refractivity contribution in [3.05, 3.63) is 29.3 Å². The van der Waals surface area contributed by atoms with E-state index in [0.717, 1.165) is 0 Å². The minimum Gasteiger partial charge on any atom is -0.396 e. The number of benzene rings is 1. The Hall–Kier alpha value is -0.780. The zero-order valence-electron chi connectivity index (χ0n) is 8.85. The molecule has 0 saturated heterocycles. The van der Waals surface area contributed by atoms with Gasteiger partial charge in [-0.3, -0.25) is 4.72 Å². The normalized spacial score (nSPS) is 13.4. The van der Waals surface area contributed by atoms with Crippen LogP contribution in [0.5, 0.6) is 0 Å². The molecule has 0 aliphatic carbocycles. The molecule has 0 aliphatic rings. The first-order valence-electron chi connectivity index (χ1n) is 4.80. The molecule has 0 aliphatic heterocycles. The second-order valence-corrected chi connectivity index (χ2v) is 5.88. The van der Waals surface area contributed by atoms with Crippen molar-refractivity contribution in [1.29, 1.82) is 0 Å². The zero-order valence-corrected chi connectivity index (χ0v) is 10.4. The predicted molar refractivity (Wildman–Crippen MR) is 65.1 cm³/mol. The van der Waals surface area contributed by atoms with Gasteiger partial charge in [0.05, 0.1) is 5.75 Å². The summed E-state index contributed by atoms with van der Waals surface area (Å²) in [7, 11) is -3.43. The van der Waals surface area contributed by atoms with Gasteiger partial charge in [-0.05, 0) is 24.1 Å². The number of sulfonamides is 1. The van der Waals surface area contributed by atoms with Crippen LogP contribution in [0.1, 0.15) is 6.92 Å². The molecule has 0 aromatic heterocycles. The van der Waals surface area contributed by atoms with Crippen LogP contribution in [0.4, 0.5) is 5.69 Å². The summed E-state index contributed by atoms with van der Waals surface area (Å²) in [4.78, 5) is 0. The van der Waals surface area contributed by atoms with Gasteiger partial charge < -0.3 is 5.11 Å². The molecule has 1 aromatic carbocycles. The lowest BCUT2D eigenvalue weighted by atomic mass is 10.2. The standard InChI is InChI=1S/C10H14ClNO3S/c1-8(6-13)7-16(14,15)12-10-4-2-3-9(11)5-10/h2-5,8,12-13H,6-7H2,1H3. The third-order valence-corrected chi connectivity index (χ3v) is 3.70. The molecule has 2 N–H and O–H groups in total. The Balaban J connectivity index is 2.73. The van der Waals surface area contributed by atoms with Gasteiger partial charge in [0, 0.05) is 17.3 Å². The monoisotopic (exact) mass is 263 g/mol. The van der Waals surface area contributed by atoms with Crippen molar-refractivity contribution < 1.29 is 13.5 Å². The van der Waals surface area contributed by atoms with Crippen LogP contribution in [0.25, 0.3) is 0 Å². The van der Waals surface area contributed by atoms with E-state index in [1.54, 1.807) is 25.1 Å². The van der Waals surface area contributed by atoms with Gasteiger partial charge >= 0.3 is 0 Å². The Morgan fingerprint density at radius 3 is 2.75 bits per heavy atom. The van der Waals surface area contributed by atoms with Crippen LogP contribution in [0.3, 0.4) is 0 Å². The Bertz CT molecular complexity index is 447. The molecule has 1 atom stereocenters. The number of hydrogen-bond donors (Lipinski definition) is 2. The quantitative estimate of drug-likeness (QED) is 0.850. The molecule has 0 saturated carbocycles. The average Bonchev–Trinajstić information content (AvgIpc) is 2.15. The van der Waals surface area contributed by atoms with E-state index in [4.69, 9.17) is 16.7 Å². The van der Waals surface area contributed by atoms with Gasteiger partial charge in [0.2, 0.25) is 10.0 Å². The number of anilines is 1. The van der Waals surface area contributed by atoms with Crippen molar-refractivity contribution in [2.24, 2.45) is 5.92 Å². The van der Waals surface area contributed by atoms with Crippen molar-refractivity contribution in [2.75, 3.05) is 17.1 Å².